The smallest absolute Gasteiger partial charge is 0.271 e. The molecule has 2 N–H and O–H groups in total. The van der Waals surface area contributed by atoms with Crippen LogP contribution < -0.4 is 5.43 Å². The predicted octanol–water partition coefficient (Wildman–Crippen LogP) is 2.55. The van der Waals surface area contributed by atoms with Crippen molar-refractivity contribution in [2.24, 2.45) is 5.10 Å². The summed E-state index contributed by atoms with van der Waals surface area (Å²) in [5.74, 6) is -0.0958. The highest BCUT2D eigenvalue weighted by atomic mass is 16.3. The zero-order chi connectivity index (χ0) is 13.7. The first-order chi connectivity index (χ1) is 9.16. The first-order valence-corrected chi connectivity index (χ1v) is 5.86. The molecule has 0 aliphatic heterocycles. The Labute approximate surface area is 111 Å². The van der Waals surface area contributed by atoms with Crippen LogP contribution in [0.1, 0.15) is 22.8 Å². The third-order valence-corrected chi connectivity index (χ3v) is 2.63. The summed E-state index contributed by atoms with van der Waals surface area (Å²) in [6.07, 6.45) is 0. The first-order valence-electron chi connectivity index (χ1n) is 5.86. The van der Waals surface area contributed by atoms with E-state index in [0.717, 1.165) is 5.56 Å². The normalized spacial score (nSPS) is 11.1. The third-order valence-electron chi connectivity index (χ3n) is 2.63. The molecule has 0 heterocycles. The van der Waals surface area contributed by atoms with E-state index in [1.165, 1.54) is 0 Å². The van der Waals surface area contributed by atoms with Gasteiger partial charge in [0.15, 0.2) is 0 Å². The van der Waals surface area contributed by atoms with Gasteiger partial charge in [-0.05, 0) is 31.2 Å². The van der Waals surface area contributed by atoms with Crippen LogP contribution in [0.3, 0.4) is 0 Å². The highest BCUT2D eigenvalue weighted by Gasteiger charge is 2.03. The molecule has 0 spiro atoms. The van der Waals surface area contributed by atoms with E-state index >= 15 is 0 Å². The van der Waals surface area contributed by atoms with Crippen LogP contribution in [-0.2, 0) is 0 Å². The number of benzene rings is 2. The number of carbonyl (C=O) groups excluding carboxylic acids is 1. The Balaban J connectivity index is 2.09. The number of aromatic hydroxyl groups is 1. The molecule has 0 fully saturated rings. The topological polar surface area (TPSA) is 61.7 Å². The van der Waals surface area contributed by atoms with Crippen molar-refractivity contribution >= 4 is 11.6 Å². The maximum Gasteiger partial charge on any atom is 0.271 e. The van der Waals surface area contributed by atoms with E-state index in [-0.39, 0.29) is 11.7 Å². The molecule has 19 heavy (non-hydrogen) atoms. The number of nitrogens with zero attached hydrogens (tertiary/aromatic N) is 1. The highest BCUT2D eigenvalue weighted by molar-refractivity contribution is 6.01. The van der Waals surface area contributed by atoms with Crippen LogP contribution in [0.4, 0.5) is 0 Å². The third kappa shape index (κ3) is 3.42. The van der Waals surface area contributed by atoms with Crippen molar-refractivity contribution in [1.29, 1.82) is 0 Å². The van der Waals surface area contributed by atoms with Crippen molar-refractivity contribution < 1.29 is 9.90 Å². The van der Waals surface area contributed by atoms with Gasteiger partial charge in [0.2, 0.25) is 0 Å². The summed E-state index contributed by atoms with van der Waals surface area (Å²) in [7, 11) is 0. The quantitative estimate of drug-likeness (QED) is 0.653. The zero-order valence-corrected chi connectivity index (χ0v) is 10.5. The van der Waals surface area contributed by atoms with Gasteiger partial charge in [0.05, 0.1) is 5.71 Å². The molecular weight excluding hydrogens is 240 g/mol. The summed E-state index contributed by atoms with van der Waals surface area (Å²) in [6.45, 7) is 1.76. The Morgan fingerprint density at radius 2 is 1.74 bits per heavy atom. The van der Waals surface area contributed by atoms with Crippen molar-refractivity contribution in [3.63, 3.8) is 0 Å². The minimum atomic E-state index is -0.264. The van der Waals surface area contributed by atoms with E-state index in [4.69, 9.17) is 0 Å². The number of hydrogen-bond acceptors (Lipinski definition) is 3. The lowest BCUT2D eigenvalue weighted by molar-refractivity contribution is 0.0955. The van der Waals surface area contributed by atoms with E-state index in [2.05, 4.69) is 10.5 Å². The minimum absolute atomic E-state index is 0.168. The van der Waals surface area contributed by atoms with Crippen molar-refractivity contribution in [1.82, 2.24) is 5.43 Å². The molecule has 2 rings (SSSR count). The van der Waals surface area contributed by atoms with Gasteiger partial charge in [-0.15, -0.1) is 0 Å². The largest absolute Gasteiger partial charge is 0.508 e. The summed E-state index contributed by atoms with van der Waals surface area (Å²) in [5, 5.41) is 13.4. The summed E-state index contributed by atoms with van der Waals surface area (Å²) < 4.78 is 0. The van der Waals surface area contributed by atoms with Gasteiger partial charge in [-0.2, -0.15) is 5.10 Å². The van der Waals surface area contributed by atoms with Crippen LogP contribution in [0, 0.1) is 0 Å². The van der Waals surface area contributed by atoms with Crippen LogP contribution in [0.5, 0.6) is 5.75 Å². The molecule has 0 saturated heterocycles. The van der Waals surface area contributed by atoms with Gasteiger partial charge in [-0.25, -0.2) is 5.43 Å². The van der Waals surface area contributed by atoms with Crippen LogP contribution in [0.15, 0.2) is 59.7 Å². The maximum atomic E-state index is 11.8. The van der Waals surface area contributed by atoms with Gasteiger partial charge < -0.3 is 5.11 Å². The second kappa shape index (κ2) is 5.82. The average molecular weight is 254 g/mol. The second-order valence-electron chi connectivity index (χ2n) is 4.05. The van der Waals surface area contributed by atoms with E-state index < -0.39 is 0 Å². The van der Waals surface area contributed by atoms with Gasteiger partial charge in [0, 0.05) is 11.1 Å². The maximum absolute atomic E-state index is 11.8. The Bertz CT molecular complexity index is 607. The monoisotopic (exact) mass is 254 g/mol. The molecule has 0 aliphatic rings. The molecule has 4 nitrogen and oxygen atoms in total. The molecule has 0 saturated carbocycles. The lowest BCUT2D eigenvalue weighted by Crippen LogP contribution is -2.19. The Morgan fingerprint density at radius 3 is 2.42 bits per heavy atom. The number of phenols is 1. The lowest BCUT2D eigenvalue weighted by atomic mass is 10.1. The van der Waals surface area contributed by atoms with Crippen LogP contribution in [0.25, 0.3) is 0 Å². The van der Waals surface area contributed by atoms with E-state index in [9.17, 15) is 9.90 Å². The molecule has 0 radical (unpaired) electrons. The number of rotatable bonds is 3. The number of nitrogens with one attached hydrogen (secondary N) is 1. The molecule has 96 valence electrons. The molecule has 0 bridgehead atoms. The molecule has 0 aromatic heterocycles. The van der Waals surface area contributed by atoms with Crippen molar-refractivity contribution in [2.75, 3.05) is 0 Å². The summed E-state index contributed by atoms with van der Waals surface area (Å²) >= 11 is 0. The van der Waals surface area contributed by atoms with Gasteiger partial charge in [0.1, 0.15) is 5.75 Å². The van der Waals surface area contributed by atoms with E-state index in [1.807, 2.05) is 12.1 Å². The van der Waals surface area contributed by atoms with Crippen molar-refractivity contribution in [3.05, 3.63) is 65.7 Å². The number of hydrogen-bond donors (Lipinski definition) is 2. The predicted molar refractivity (Wildman–Crippen MR) is 74.2 cm³/mol. The fourth-order valence-corrected chi connectivity index (χ4v) is 1.58. The molecule has 1 amide bonds. The molecule has 2 aromatic carbocycles. The van der Waals surface area contributed by atoms with Crippen molar-refractivity contribution in [2.45, 2.75) is 6.92 Å². The van der Waals surface area contributed by atoms with Gasteiger partial charge in [-0.3, -0.25) is 4.79 Å². The fraction of sp³-hybridized carbons (Fsp3) is 0.0667. The standard InChI is InChI=1S/C15H14N2O2/c1-11(13-8-5-9-14(18)10-13)16-17-15(19)12-6-3-2-4-7-12/h2-10,18H,1H3,(H,17,19). The first kappa shape index (κ1) is 12.8. The lowest BCUT2D eigenvalue weighted by Gasteiger charge is -2.03. The number of carbonyl (C=O) groups is 1. The Morgan fingerprint density at radius 1 is 1.05 bits per heavy atom. The molecular formula is C15H14N2O2. The second-order valence-corrected chi connectivity index (χ2v) is 4.05. The van der Waals surface area contributed by atoms with Gasteiger partial charge in [-0.1, -0.05) is 30.3 Å². The van der Waals surface area contributed by atoms with E-state index in [1.54, 1.807) is 49.4 Å². The molecule has 0 unspecified atom stereocenters. The minimum Gasteiger partial charge on any atom is -0.508 e. The van der Waals surface area contributed by atoms with Crippen LogP contribution in [-0.4, -0.2) is 16.7 Å². The molecule has 4 heteroatoms. The number of hydrazone groups is 1. The van der Waals surface area contributed by atoms with Crippen molar-refractivity contribution in [3.8, 4) is 5.75 Å². The van der Waals surface area contributed by atoms with Gasteiger partial charge >= 0.3 is 0 Å². The van der Waals surface area contributed by atoms with Gasteiger partial charge in [0.25, 0.3) is 5.91 Å². The Kier molecular flexibility index (Phi) is 3.93. The van der Waals surface area contributed by atoms with Crippen LogP contribution in [0.2, 0.25) is 0 Å². The molecule has 2 aromatic rings. The summed E-state index contributed by atoms with van der Waals surface area (Å²) in [4.78, 5) is 11.8. The zero-order valence-electron chi connectivity index (χ0n) is 10.5. The fourth-order valence-electron chi connectivity index (χ4n) is 1.58. The Hall–Kier alpha value is -2.62. The number of phenolic OH excluding ortho intramolecular Hbond substituents is 1. The summed E-state index contributed by atoms with van der Waals surface area (Å²) in [6, 6.07) is 15.6. The van der Waals surface area contributed by atoms with E-state index in [0.29, 0.717) is 11.3 Å². The average Bonchev–Trinajstić information content (AvgIpc) is 2.45. The van der Waals surface area contributed by atoms with Crippen LogP contribution >= 0.6 is 0 Å². The molecule has 0 aliphatic carbocycles. The SMILES string of the molecule is CC(=NNC(=O)c1ccccc1)c1cccc(O)c1. The molecule has 0 atom stereocenters. The highest BCUT2D eigenvalue weighted by Crippen LogP contribution is 2.11. The summed E-state index contributed by atoms with van der Waals surface area (Å²) in [5.41, 5.74) is 4.42. The number of amides is 1.